The van der Waals surface area contributed by atoms with Crippen molar-refractivity contribution < 1.29 is 23.2 Å². The van der Waals surface area contributed by atoms with Crippen LogP contribution in [-0.2, 0) is 11.3 Å². The van der Waals surface area contributed by atoms with Crippen LogP contribution >= 0.6 is 11.3 Å². The summed E-state index contributed by atoms with van der Waals surface area (Å²) < 4.78 is 26.9. The van der Waals surface area contributed by atoms with Crippen LogP contribution in [0.25, 0.3) is 0 Å². The van der Waals surface area contributed by atoms with E-state index < -0.39 is 29.1 Å². The molecule has 2 aromatic rings. The number of rotatable bonds is 4. The number of carbonyl (C=O) groups excluding carboxylic acids is 3. The van der Waals surface area contributed by atoms with Crippen LogP contribution in [0.15, 0.2) is 35.0 Å². The molecule has 0 radical (unpaired) electrons. The molecule has 2 fully saturated rings. The molecule has 0 unspecified atom stereocenters. The second kappa shape index (κ2) is 7.79. The van der Waals surface area contributed by atoms with Crippen molar-refractivity contribution >= 4 is 29.2 Å². The molecule has 158 valence electrons. The molecular formula is C21H21F2N3O3S. The van der Waals surface area contributed by atoms with Crippen LogP contribution < -0.4 is 5.32 Å². The molecule has 4 rings (SSSR count). The Bertz CT molecular complexity index is 969. The number of hydrogen-bond acceptors (Lipinski definition) is 4. The van der Waals surface area contributed by atoms with Crippen molar-refractivity contribution in [2.75, 3.05) is 13.1 Å². The smallest absolute Gasteiger partial charge is 0.325 e. The molecule has 1 N–H and O–H groups in total. The van der Waals surface area contributed by atoms with Gasteiger partial charge in [0.25, 0.3) is 11.8 Å². The van der Waals surface area contributed by atoms with Gasteiger partial charge >= 0.3 is 6.03 Å². The highest BCUT2D eigenvalue weighted by Crippen LogP contribution is 2.34. The summed E-state index contributed by atoms with van der Waals surface area (Å²) in [4.78, 5) is 40.9. The first-order valence-electron chi connectivity index (χ1n) is 9.68. The molecule has 1 atom stereocenters. The highest BCUT2D eigenvalue weighted by molar-refractivity contribution is 7.07. The third kappa shape index (κ3) is 3.69. The third-order valence-corrected chi connectivity index (χ3v) is 6.66. The minimum atomic E-state index is -1.03. The van der Waals surface area contributed by atoms with E-state index in [0.717, 1.165) is 23.8 Å². The lowest BCUT2D eigenvalue weighted by atomic mass is 9.78. The Labute approximate surface area is 176 Å². The van der Waals surface area contributed by atoms with Crippen molar-refractivity contribution in [2.24, 2.45) is 5.92 Å². The largest absolute Gasteiger partial charge is 0.339 e. The highest BCUT2D eigenvalue weighted by atomic mass is 32.1. The van der Waals surface area contributed by atoms with Crippen molar-refractivity contribution in [3.8, 4) is 0 Å². The Kier molecular flexibility index (Phi) is 5.31. The Morgan fingerprint density at radius 1 is 1.20 bits per heavy atom. The topological polar surface area (TPSA) is 69.7 Å². The molecule has 3 heterocycles. The van der Waals surface area contributed by atoms with E-state index in [1.54, 1.807) is 6.92 Å². The molecule has 4 amide bonds. The van der Waals surface area contributed by atoms with E-state index in [9.17, 15) is 23.2 Å². The number of urea groups is 1. The van der Waals surface area contributed by atoms with Crippen molar-refractivity contribution in [2.45, 2.75) is 31.8 Å². The van der Waals surface area contributed by atoms with Gasteiger partial charge in [0, 0.05) is 24.7 Å². The summed E-state index contributed by atoms with van der Waals surface area (Å²) in [6, 6.07) is 4.21. The zero-order valence-corrected chi connectivity index (χ0v) is 17.2. The molecule has 1 aromatic heterocycles. The number of amides is 4. The first kappa shape index (κ1) is 20.5. The SMILES string of the molecule is C[C@@]1(C2CCN(C(=O)c3cc(F)cc(F)c3)CC2)NC(=O)N(Cc2ccsc2)C1=O. The summed E-state index contributed by atoms with van der Waals surface area (Å²) in [5.41, 5.74) is -0.174. The van der Waals surface area contributed by atoms with E-state index in [4.69, 9.17) is 0 Å². The minimum absolute atomic E-state index is 0.0376. The number of piperidine rings is 1. The standard InChI is InChI=1S/C21H21F2N3O3S/c1-21(19(28)26(20(29)24-21)11-13-4-7-30-12-13)15-2-5-25(6-3-15)18(27)14-8-16(22)10-17(23)9-14/h4,7-10,12,15H,2-3,5-6,11H2,1H3,(H,24,29)/t21-/m0/s1. The molecule has 6 nitrogen and oxygen atoms in total. The van der Waals surface area contributed by atoms with Crippen LogP contribution in [0.1, 0.15) is 35.7 Å². The van der Waals surface area contributed by atoms with E-state index in [-0.39, 0.29) is 23.9 Å². The fourth-order valence-electron chi connectivity index (χ4n) is 4.22. The van der Waals surface area contributed by atoms with Gasteiger partial charge in [0.05, 0.1) is 6.54 Å². The molecule has 0 aliphatic carbocycles. The number of likely N-dealkylation sites (tertiary alicyclic amines) is 1. The van der Waals surface area contributed by atoms with Crippen molar-refractivity contribution in [1.29, 1.82) is 0 Å². The lowest BCUT2D eigenvalue weighted by Gasteiger charge is -2.39. The number of hydrogen-bond donors (Lipinski definition) is 1. The minimum Gasteiger partial charge on any atom is -0.339 e. The van der Waals surface area contributed by atoms with Crippen LogP contribution in [0.4, 0.5) is 13.6 Å². The van der Waals surface area contributed by atoms with E-state index in [1.165, 1.54) is 21.1 Å². The number of halogens is 2. The summed E-state index contributed by atoms with van der Waals surface area (Å²) >= 11 is 1.50. The first-order valence-corrected chi connectivity index (χ1v) is 10.6. The second-order valence-corrected chi connectivity index (χ2v) is 8.66. The van der Waals surface area contributed by atoms with Crippen molar-refractivity contribution in [3.05, 3.63) is 57.8 Å². The van der Waals surface area contributed by atoms with Gasteiger partial charge in [-0.3, -0.25) is 14.5 Å². The normalized spacial score (nSPS) is 22.5. The molecule has 2 aliphatic heterocycles. The van der Waals surface area contributed by atoms with Crippen LogP contribution in [0, 0.1) is 17.6 Å². The number of imide groups is 1. The molecule has 2 saturated heterocycles. The first-order chi connectivity index (χ1) is 14.3. The maximum Gasteiger partial charge on any atom is 0.325 e. The summed E-state index contributed by atoms with van der Waals surface area (Å²) in [5.74, 6) is -2.46. The number of benzene rings is 1. The van der Waals surface area contributed by atoms with Crippen LogP contribution in [-0.4, -0.2) is 46.3 Å². The van der Waals surface area contributed by atoms with Gasteiger partial charge in [-0.15, -0.1) is 0 Å². The predicted octanol–water partition coefficient (Wildman–Crippen LogP) is 3.39. The number of thiophene rings is 1. The van der Waals surface area contributed by atoms with Gasteiger partial charge in [-0.05, 0) is 60.2 Å². The fourth-order valence-corrected chi connectivity index (χ4v) is 4.88. The molecule has 2 aliphatic rings. The molecule has 9 heteroatoms. The predicted molar refractivity (Wildman–Crippen MR) is 107 cm³/mol. The molecule has 0 spiro atoms. The van der Waals surface area contributed by atoms with Crippen molar-refractivity contribution in [1.82, 2.24) is 15.1 Å². The maximum atomic E-state index is 13.4. The fraction of sp³-hybridized carbons (Fsp3) is 0.381. The quantitative estimate of drug-likeness (QED) is 0.752. The Hall–Kier alpha value is -2.81. The van der Waals surface area contributed by atoms with Gasteiger partial charge in [-0.1, -0.05) is 0 Å². The van der Waals surface area contributed by atoms with Gasteiger partial charge in [-0.25, -0.2) is 13.6 Å². The maximum absolute atomic E-state index is 13.4. The summed E-state index contributed by atoms with van der Waals surface area (Å²) in [7, 11) is 0. The summed E-state index contributed by atoms with van der Waals surface area (Å²) in [6.45, 7) is 2.63. The van der Waals surface area contributed by atoms with Gasteiger partial charge in [0.15, 0.2) is 0 Å². The Balaban J connectivity index is 1.42. The molecule has 0 bridgehead atoms. The molecular weight excluding hydrogens is 412 g/mol. The van der Waals surface area contributed by atoms with Gasteiger partial charge < -0.3 is 10.2 Å². The van der Waals surface area contributed by atoms with Gasteiger partial charge in [0.1, 0.15) is 17.2 Å². The van der Waals surface area contributed by atoms with Crippen LogP contribution in [0.5, 0.6) is 0 Å². The van der Waals surface area contributed by atoms with Gasteiger partial charge in [-0.2, -0.15) is 11.3 Å². The summed E-state index contributed by atoms with van der Waals surface area (Å²) in [6.07, 6.45) is 0.997. The average Bonchev–Trinajstić information content (AvgIpc) is 3.30. The highest BCUT2D eigenvalue weighted by Gasteiger charge is 2.52. The Morgan fingerprint density at radius 2 is 1.87 bits per heavy atom. The second-order valence-electron chi connectivity index (χ2n) is 7.88. The van der Waals surface area contributed by atoms with Gasteiger partial charge in [0.2, 0.25) is 0 Å². The number of carbonyl (C=O) groups is 3. The van der Waals surface area contributed by atoms with Crippen molar-refractivity contribution in [3.63, 3.8) is 0 Å². The lowest BCUT2D eigenvalue weighted by molar-refractivity contribution is -0.133. The molecule has 30 heavy (non-hydrogen) atoms. The monoisotopic (exact) mass is 433 g/mol. The number of nitrogens with zero attached hydrogens (tertiary/aromatic N) is 2. The molecule has 0 saturated carbocycles. The zero-order valence-electron chi connectivity index (χ0n) is 16.4. The van der Waals surface area contributed by atoms with Crippen LogP contribution in [0.3, 0.4) is 0 Å². The van der Waals surface area contributed by atoms with E-state index in [1.807, 2.05) is 16.8 Å². The van der Waals surface area contributed by atoms with E-state index in [2.05, 4.69) is 5.32 Å². The van der Waals surface area contributed by atoms with E-state index >= 15 is 0 Å². The van der Waals surface area contributed by atoms with E-state index in [0.29, 0.717) is 25.9 Å². The van der Waals surface area contributed by atoms with Crippen LogP contribution in [0.2, 0.25) is 0 Å². The lowest BCUT2D eigenvalue weighted by Crippen LogP contribution is -2.54. The zero-order chi connectivity index (χ0) is 21.5. The third-order valence-electron chi connectivity index (χ3n) is 5.93. The number of nitrogens with one attached hydrogen (secondary N) is 1. The average molecular weight is 433 g/mol. The molecule has 1 aromatic carbocycles. The Morgan fingerprint density at radius 3 is 2.47 bits per heavy atom. The summed E-state index contributed by atoms with van der Waals surface area (Å²) in [5, 5.41) is 6.63.